The minimum absolute atomic E-state index is 0.743. The third kappa shape index (κ3) is 3.79. The van der Waals surface area contributed by atoms with E-state index in [9.17, 15) is 0 Å². The number of nitrogens with zero attached hydrogens (tertiary/aromatic N) is 2. The molecule has 0 saturated carbocycles. The van der Waals surface area contributed by atoms with E-state index in [1.54, 1.807) is 0 Å². The molecule has 0 aliphatic rings. The van der Waals surface area contributed by atoms with Crippen molar-refractivity contribution in [1.82, 2.24) is 9.13 Å². The summed E-state index contributed by atoms with van der Waals surface area (Å²) in [5.41, 5.74) is 13.2. The molecule has 0 N–H and O–H groups in total. The smallest absolute Gasteiger partial charge is 0.178 e. The number of hydrogen-bond donors (Lipinski definition) is 0. The molecule has 0 bridgehead atoms. The fourth-order valence-electron chi connectivity index (χ4n) is 10.3. The maximum absolute atomic E-state index is 6.68. The minimum Gasteiger partial charge on any atom is -0.455 e. The summed E-state index contributed by atoms with van der Waals surface area (Å²) in [6.07, 6.45) is 0. The van der Waals surface area contributed by atoms with Gasteiger partial charge < -0.3 is 26.8 Å². The Morgan fingerprint density at radius 1 is 0.250 bits per heavy atom. The van der Waals surface area contributed by atoms with Crippen LogP contribution in [0.5, 0.6) is 0 Å². The summed E-state index contributed by atoms with van der Waals surface area (Å²) in [6, 6.07) is 59.8. The van der Waals surface area contributed by atoms with Crippen molar-refractivity contribution < 1.29 is 17.7 Å². The van der Waals surface area contributed by atoms with E-state index >= 15 is 0 Å². The first-order valence-electron chi connectivity index (χ1n) is 20.2. The fraction of sp³-hybridized carbons (Fsp3) is 0. The van der Waals surface area contributed by atoms with Crippen molar-refractivity contribution in [3.05, 3.63) is 170 Å². The number of fused-ring (bicyclic) bond motifs is 21. The number of furan rings is 4. The summed E-state index contributed by atoms with van der Waals surface area (Å²) in [6.45, 7) is 0. The second kappa shape index (κ2) is 10.8. The van der Waals surface area contributed by atoms with Gasteiger partial charge in [0.2, 0.25) is 0 Å². The molecule has 0 atom stereocenters. The minimum atomic E-state index is 0.743. The van der Waals surface area contributed by atoms with Gasteiger partial charge in [-0.1, -0.05) is 72.8 Å². The summed E-state index contributed by atoms with van der Waals surface area (Å²) in [7, 11) is 0. The number of rotatable bonds is 2. The Balaban J connectivity index is 0.922. The molecule has 0 unspecified atom stereocenters. The molecule has 15 rings (SSSR count). The number of hydrogen-bond acceptors (Lipinski definition) is 4. The van der Waals surface area contributed by atoms with E-state index in [2.05, 4.69) is 155 Å². The molecular formula is C54H28N2O4. The van der Waals surface area contributed by atoms with Crippen LogP contribution in [0.15, 0.2) is 188 Å². The average molecular weight is 769 g/mol. The van der Waals surface area contributed by atoms with Crippen molar-refractivity contribution in [1.29, 1.82) is 0 Å². The van der Waals surface area contributed by atoms with Gasteiger partial charge in [-0.05, 0) is 97.1 Å². The van der Waals surface area contributed by atoms with Gasteiger partial charge in [0, 0.05) is 65.2 Å². The Bertz CT molecular complexity index is 4090. The van der Waals surface area contributed by atoms with Crippen molar-refractivity contribution in [3.63, 3.8) is 0 Å². The highest BCUT2D eigenvalue weighted by atomic mass is 16.4. The second-order valence-electron chi connectivity index (χ2n) is 16.0. The molecule has 0 saturated heterocycles. The zero-order valence-electron chi connectivity index (χ0n) is 31.7. The molecule has 0 radical (unpaired) electrons. The van der Waals surface area contributed by atoms with Crippen molar-refractivity contribution in [2.45, 2.75) is 0 Å². The van der Waals surface area contributed by atoms with Crippen molar-refractivity contribution in [2.24, 2.45) is 0 Å². The molecule has 6 aromatic heterocycles. The van der Waals surface area contributed by atoms with Crippen LogP contribution in [-0.4, -0.2) is 9.13 Å². The third-order valence-electron chi connectivity index (χ3n) is 12.9. The normalized spacial score (nSPS) is 12.7. The molecule has 0 spiro atoms. The largest absolute Gasteiger partial charge is 0.455 e. The molecule has 0 fully saturated rings. The van der Waals surface area contributed by atoms with Gasteiger partial charge in [0.05, 0.1) is 32.8 Å². The van der Waals surface area contributed by atoms with Crippen LogP contribution in [0.4, 0.5) is 0 Å². The van der Waals surface area contributed by atoms with Crippen LogP contribution < -0.4 is 0 Å². The number of benzene rings is 9. The number of aromatic nitrogens is 2. The van der Waals surface area contributed by atoms with E-state index in [1.165, 1.54) is 0 Å². The van der Waals surface area contributed by atoms with Crippen LogP contribution in [0.2, 0.25) is 0 Å². The Kier molecular flexibility index (Phi) is 5.57. The van der Waals surface area contributed by atoms with Crippen LogP contribution in [0.1, 0.15) is 0 Å². The molecule has 6 nitrogen and oxygen atoms in total. The maximum atomic E-state index is 6.68. The molecule has 6 heterocycles. The molecular weight excluding hydrogens is 741 g/mol. The standard InChI is InChI=1S/C54H28N2O4/c1-5-13-41-37(11-1)49-43(23-21-33-31-9-3-7-15-45(31)57-51(33)49)55(41)29-17-25-47-39(27-29)35-19-20-36-40-28-30(18-26-48(40)60-54(36)53(35)59-47)56-42-14-6-2-12-38(42)50-44(56)24-22-34-32-10-4-8-16-46(32)58-52(34)50/h1-28H. The van der Waals surface area contributed by atoms with Gasteiger partial charge in [-0.2, -0.15) is 0 Å². The monoisotopic (exact) mass is 768 g/mol. The van der Waals surface area contributed by atoms with Crippen LogP contribution in [0.3, 0.4) is 0 Å². The summed E-state index contributed by atoms with van der Waals surface area (Å²) in [5.74, 6) is 0. The second-order valence-corrected chi connectivity index (χ2v) is 16.0. The zero-order valence-corrected chi connectivity index (χ0v) is 31.7. The Morgan fingerprint density at radius 2 is 0.617 bits per heavy atom. The predicted octanol–water partition coefficient (Wildman–Crippen LogP) is 15.5. The van der Waals surface area contributed by atoms with Crippen LogP contribution >= 0.6 is 0 Å². The lowest BCUT2D eigenvalue weighted by molar-refractivity contribution is 0.633. The molecule has 0 amide bonds. The molecule has 60 heavy (non-hydrogen) atoms. The van der Waals surface area contributed by atoms with Gasteiger partial charge in [0.1, 0.15) is 33.5 Å². The lowest BCUT2D eigenvalue weighted by Crippen LogP contribution is -1.93. The van der Waals surface area contributed by atoms with Gasteiger partial charge in [-0.15, -0.1) is 0 Å². The first kappa shape index (κ1) is 30.9. The summed E-state index contributed by atoms with van der Waals surface area (Å²) in [4.78, 5) is 0. The van der Waals surface area contributed by atoms with E-state index in [0.29, 0.717) is 0 Å². The first-order chi connectivity index (χ1) is 29.7. The lowest BCUT2D eigenvalue weighted by atomic mass is 10.1. The molecule has 15 aromatic rings. The maximum Gasteiger partial charge on any atom is 0.178 e. The summed E-state index contributed by atoms with van der Waals surface area (Å²) >= 11 is 0. The van der Waals surface area contributed by atoms with E-state index in [4.69, 9.17) is 17.7 Å². The van der Waals surface area contributed by atoms with Crippen LogP contribution in [0.25, 0.3) is 143 Å². The summed E-state index contributed by atoms with van der Waals surface area (Å²) < 4.78 is 31.1. The summed E-state index contributed by atoms with van der Waals surface area (Å²) in [5, 5.41) is 13.1. The van der Waals surface area contributed by atoms with E-state index in [0.717, 1.165) is 143 Å². The fourth-order valence-corrected chi connectivity index (χ4v) is 10.3. The zero-order chi connectivity index (χ0) is 38.8. The lowest BCUT2D eigenvalue weighted by Gasteiger charge is -2.08. The van der Waals surface area contributed by atoms with E-state index < -0.39 is 0 Å². The molecule has 9 aromatic carbocycles. The van der Waals surface area contributed by atoms with E-state index in [1.807, 2.05) is 24.3 Å². The van der Waals surface area contributed by atoms with Crippen molar-refractivity contribution in [2.75, 3.05) is 0 Å². The van der Waals surface area contributed by atoms with Gasteiger partial charge in [0.25, 0.3) is 0 Å². The van der Waals surface area contributed by atoms with Gasteiger partial charge >= 0.3 is 0 Å². The van der Waals surface area contributed by atoms with Gasteiger partial charge in [-0.3, -0.25) is 0 Å². The van der Waals surface area contributed by atoms with Crippen molar-refractivity contribution in [3.8, 4) is 11.4 Å². The van der Waals surface area contributed by atoms with E-state index in [-0.39, 0.29) is 0 Å². The van der Waals surface area contributed by atoms with Gasteiger partial charge in [0.15, 0.2) is 11.2 Å². The van der Waals surface area contributed by atoms with Crippen molar-refractivity contribution >= 4 is 131 Å². The predicted molar refractivity (Wildman–Crippen MR) is 244 cm³/mol. The average Bonchev–Trinajstić information content (AvgIpc) is 4.14. The SMILES string of the molecule is c1ccc2c(c1)oc1c2ccc2c1c1ccccc1n2-c1ccc2oc3c(ccc4c5cc(-n6c7ccccc7c7c8oc9ccccc9c8ccc76)ccc5oc43)c2c1. The number of para-hydroxylation sites is 4. The Labute approximate surface area is 338 Å². The first-order valence-corrected chi connectivity index (χ1v) is 20.2. The van der Waals surface area contributed by atoms with Crippen LogP contribution in [-0.2, 0) is 0 Å². The highest BCUT2D eigenvalue weighted by Gasteiger charge is 2.23. The quantitative estimate of drug-likeness (QED) is 0.176. The topological polar surface area (TPSA) is 62.4 Å². The third-order valence-corrected chi connectivity index (χ3v) is 12.9. The Hall–Kier alpha value is -8.22. The molecule has 0 aliphatic carbocycles. The molecule has 0 aliphatic heterocycles. The van der Waals surface area contributed by atoms with Crippen LogP contribution in [0, 0.1) is 0 Å². The molecule has 278 valence electrons. The molecule has 6 heteroatoms. The highest BCUT2D eigenvalue weighted by molar-refractivity contribution is 6.26. The Morgan fingerprint density at radius 3 is 1.10 bits per heavy atom. The highest BCUT2D eigenvalue weighted by Crippen LogP contribution is 2.45. The van der Waals surface area contributed by atoms with Gasteiger partial charge in [-0.25, -0.2) is 0 Å².